The van der Waals surface area contributed by atoms with E-state index in [4.69, 9.17) is 4.74 Å². The van der Waals surface area contributed by atoms with Crippen molar-refractivity contribution in [2.75, 3.05) is 6.61 Å². The Morgan fingerprint density at radius 2 is 2.25 bits per heavy atom. The van der Waals surface area contributed by atoms with Crippen molar-refractivity contribution >= 4 is 0 Å². The highest BCUT2D eigenvalue weighted by Crippen LogP contribution is 2.12. The second-order valence-corrected chi connectivity index (χ2v) is 2.91. The van der Waals surface area contributed by atoms with E-state index in [0.29, 0.717) is 0 Å². The molecule has 1 aromatic carbocycles. The minimum atomic E-state index is -0.912. The third-order valence-electron chi connectivity index (χ3n) is 1.47. The van der Waals surface area contributed by atoms with Crippen molar-refractivity contribution in [1.29, 1.82) is 0 Å². The monoisotopic (exact) mass is 168 g/mol. The molecule has 0 aromatic heterocycles. The van der Waals surface area contributed by atoms with Gasteiger partial charge < -0.3 is 4.74 Å². The van der Waals surface area contributed by atoms with Crippen LogP contribution in [0.2, 0.25) is 0 Å². The maximum atomic E-state index is 12.4. The van der Waals surface area contributed by atoms with Gasteiger partial charge >= 0.3 is 0 Å². The smallest absolute Gasteiger partial charge is 0.131 e. The maximum Gasteiger partial charge on any atom is 0.131 e. The maximum absolute atomic E-state index is 12.4. The molecule has 0 N–H and O–H groups in total. The van der Waals surface area contributed by atoms with Gasteiger partial charge in [-0.2, -0.15) is 0 Å². The van der Waals surface area contributed by atoms with Gasteiger partial charge in [-0.25, -0.2) is 4.39 Å². The summed E-state index contributed by atoms with van der Waals surface area (Å²) in [6.45, 7) is 3.59. The zero-order chi connectivity index (χ0) is 8.97. The van der Waals surface area contributed by atoms with Gasteiger partial charge in [0.1, 0.15) is 18.5 Å². The number of ether oxygens (including phenoxy) is 1. The highest BCUT2D eigenvalue weighted by Gasteiger charge is 1.98. The minimum Gasteiger partial charge on any atom is -0.491 e. The van der Waals surface area contributed by atoms with E-state index in [2.05, 4.69) is 0 Å². The van der Waals surface area contributed by atoms with Crippen LogP contribution >= 0.6 is 0 Å². The van der Waals surface area contributed by atoms with Gasteiger partial charge in [-0.3, -0.25) is 0 Å². The standard InChI is InChI=1S/C10H13FO/c1-8-4-3-5-10(6-8)12-7-9(2)11/h3-6,9H,7H2,1-2H3/t9-/m0/s1. The summed E-state index contributed by atoms with van der Waals surface area (Å²) in [6, 6.07) is 7.59. The molecule has 1 atom stereocenters. The van der Waals surface area contributed by atoms with E-state index in [1.807, 2.05) is 31.2 Å². The minimum absolute atomic E-state index is 0.128. The van der Waals surface area contributed by atoms with Gasteiger partial charge in [0.05, 0.1) is 0 Å². The predicted molar refractivity (Wildman–Crippen MR) is 47.2 cm³/mol. The molecule has 0 radical (unpaired) electrons. The van der Waals surface area contributed by atoms with Crippen LogP contribution in [0.1, 0.15) is 12.5 Å². The van der Waals surface area contributed by atoms with Gasteiger partial charge in [0, 0.05) is 0 Å². The van der Waals surface area contributed by atoms with E-state index >= 15 is 0 Å². The quantitative estimate of drug-likeness (QED) is 0.674. The lowest BCUT2D eigenvalue weighted by Crippen LogP contribution is -2.08. The predicted octanol–water partition coefficient (Wildman–Crippen LogP) is 2.73. The second-order valence-electron chi connectivity index (χ2n) is 2.91. The van der Waals surface area contributed by atoms with Crippen molar-refractivity contribution in [2.45, 2.75) is 20.0 Å². The number of alkyl halides is 1. The van der Waals surface area contributed by atoms with Crippen LogP contribution in [-0.4, -0.2) is 12.8 Å². The largest absolute Gasteiger partial charge is 0.491 e. The first-order valence-electron chi connectivity index (χ1n) is 4.02. The summed E-state index contributed by atoms with van der Waals surface area (Å²) in [6.07, 6.45) is -0.912. The fourth-order valence-electron chi connectivity index (χ4n) is 0.916. The molecule has 0 bridgehead atoms. The lowest BCUT2D eigenvalue weighted by molar-refractivity contribution is 0.209. The zero-order valence-electron chi connectivity index (χ0n) is 7.38. The lowest BCUT2D eigenvalue weighted by atomic mass is 10.2. The SMILES string of the molecule is Cc1cccc(OC[C@H](C)F)c1. The van der Waals surface area contributed by atoms with Crippen LogP contribution in [0.4, 0.5) is 4.39 Å². The van der Waals surface area contributed by atoms with E-state index < -0.39 is 6.17 Å². The van der Waals surface area contributed by atoms with Crippen LogP contribution in [0.5, 0.6) is 5.75 Å². The molecule has 0 heterocycles. The van der Waals surface area contributed by atoms with Crippen LogP contribution in [-0.2, 0) is 0 Å². The summed E-state index contributed by atoms with van der Waals surface area (Å²) in [5, 5.41) is 0. The normalized spacial score (nSPS) is 12.6. The Hall–Kier alpha value is -1.05. The molecule has 1 nitrogen and oxygen atoms in total. The van der Waals surface area contributed by atoms with Crippen LogP contribution in [0.25, 0.3) is 0 Å². The molecule has 0 saturated carbocycles. The molecule has 66 valence electrons. The molecule has 1 aromatic rings. The molecule has 0 aliphatic carbocycles. The first-order valence-corrected chi connectivity index (χ1v) is 4.02. The summed E-state index contributed by atoms with van der Waals surface area (Å²) < 4.78 is 17.5. The fourth-order valence-corrected chi connectivity index (χ4v) is 0.916. The molecule has 0 aliphatic heterocycles. The summed E-state index contributed by atoms with van der Waals surface area (Å²) in [5.74, 6) is 0.736. The van der Waals surface area contributed by atoms with Crippen LogP contribution < -0.4 is 4.74 Å². The summed E-state index contributed by atoms with van der Waals surface area (Å²) in [7, 11) is 0. The van der Waals surface area contributed by atoms with Gasteiger partial charge in [0.15, 0.2) is 0 Å². The van der Waals surface area contributed by atoms with Crippen molar-refractivity contribution < 1.29 is 9.13 Å². The molecule has 0 spiro atoms. The molecule has 0 unspecified atom stereocenters. The van der Waals surface area contributed by atoms with Gasteiger partial charge in [-0.1, -0.05) is 12.1 Å². The molecule has 0 aliphatic rings. The van der Waals surface area contributed by atoms with Crippen LogP contribution in [0.3, 0.4) is 0 Å². The van der Waals surface area contributed by atoms with Crippen molar-refractivity contribution in [3.05, 3.63) is 29.8 Å². The van der Waals surface area contributed by atoms with Crippen molar-refractivity contribution in [3.63, 3.8) is 0 Å². The van der Waals surface area contributed by atoms with Crippen molar-refractivity contribution in [2.24, 2.45) is 0 Å². The Bertz CT molecular complexity index is 245. The molecule has 2 heteroatoms. The van der Waals surface area contributed by atoms with E-state index in [1.54, 1.807) is 0 Å². The Labute approximate surface area is 72.2 Å². The number of halogens is 1. The van der Waals surface area contributed by atoms with E-state index in [1.165, 1.54) is 6.92 Å². The lowest BCUT2D eigenvalue weighted by Gasteiger charge is -2.06. The molecule has 1 rings (SSSR count). The van der Waals surface area contributed by atoms with Gasteiger partial charge in [-0.15, -0.1) is 0 Å². The van der Waals surface area contributed by atoms with Crippen molar-refractivity contribution in [3.8, 4) is 5.75 Å². The molecule has 0 saturated heterocycles. The molecular formula is C10H13FO. The third-order valence-corrected chi connectivity index (χ3v) is 1.47. The Morgan fingerprint density at radius 1 is 1.50 bits per heavy atom. The van der Waals surface area contributed by atoms with Crippen molar-refractivity contribution in [1.82, 2.24) is 0 Å². The molecule has 0 amide bonds. The van der Waals surface area contributed by atoms with Crippen LogP contribution in [0.15, 0.2) is 24.3 Å². The van der Waals surface area contributed by atoms with E-state index in [9.17, 15) is 4.39 Å². The van der Waals surface area contributed by atoms with Gasteiger partial charge in [-0.05, 0) is 31.5 Å². The topological polar surface area (TPSA) is 9.23 Å². The first kappa shape index (κ1) is 9.04. The average Bonchev–Trinajstić information content (AvgIpc) is 2.01. The summed E-state index contributed by atoms with van der Waals surface area (Å²) in [4.78, 5) is 0. The Morgan fingerprint density at radius 3 is 2.83 bits per heavy atom. The first-order chi connectivity index (χ1) is 5.68. The van der Waals surface area contributed by atoms with Gasteiger partial charge in [0.2, 0.25) is 0 Å². The number of benzene rings is 1. The molecule has 12 heavy (non-hydrogen) atoms. The third kappa shape index (κ3) is 2.91. The second kappa shape index (κ2) is 4.10. The number of hydrogen-bond donors (Lipinski definition) is 0. The summed E-state index contributed by atoms with van der Waals surface area (Å²) in [5.41, 5.74) is 1.12. The molecular weight excluding hydrogens is 155 g/mol. The average molecular weight is 168 g/mol. The van der Waals surface area contributed by atoms with Gasteiger partial charge in [0.25, 0.3) is 0 Å². The molecule has 0 fully saturated rings. The van der Waals surface area contributed by atoms with E-state index in [-0.39, 0.29) is 6.61 Å². The number of aryl methyl sites for hydroxylation is 1. The van der Waals surface area contributed by atoms with E-state index in [0.717, 1.165) is 11.3 Å². The zero-order valence-corrected chi connectivity index (χ0v) is 7.38. The summed E-state index contributed by atoms with van der Waals surface area (Å²) >= 11 is 0. The Balaban J connectivity index is 2.52. The highest BCUT2D eigenvalue weighted by molar-refractivity contribution is 5.27. The number of rotatable bonds is 3. The fraction of sp³-hybridized carbons (Fsp3) is 0.400. The Kier molecular flexibility index (Phi) is 3.09. The highest BCUT2D eigenvalue weighted by atomic mass is 19.1. The van der Waals surface area contributed by atoms with Crippen LogP contribution in [0, 0.1) is 6.92 Å². The number of hydrogen-bond acceptors (Lipinski definition) is 1.